The highest BCUT2D eigenvalue weighted by Gasteiger charge is 2.20. The fourth-order valence-electron chi connectivity index (χ4n) is 1.90. The molecule has 0 saturated heterocycles. The highest BCUT2D eigenvalue weighted by Crippen LogP contribution is 2.30. The maximum absolute atomic E-state index is 4.44. The van der Waals surface area contributed by atoms with Crippen LogP contribution in [0, 0.1) is 0 Å². The average molecular weight is 216 g/mol. The summed E-state index contributed by atoms with van der Waals surface area (Å²) < 4.78 is 0. The summed E-state index contributed by atoms with van der Waals surface area (Å²) in [5.41, 5.74) is 1.51. The lowest BCUT2D eigenvalue weighted by Gasteiger charge is -2.24. The number of benzene rings is 2. The van der Waals surface area contributed by atoms with Crippen LogP contribution in [0.1, 0.15) is 19.4 Å². The average Bonchev–Trinajstić information content (AvgIpc) is 2.28. The molecule has 0 N–H and O–H groups in total. The third-order valence-electron chi connectivity index (χ3n) is 2.91. The van der Waals surface area contributed by atoms with Crippen LogP contribution in [0.15, 0.2) is 42.5 Å². The summed E-state index contributed by atoms with van der Waals surface area (Å²) in [7, 11) is 0. The van der Waals surface area contributed by atoms with Crippen molar-refractivity contribution in [2.75, 3.05) is 5.75 Å². The van der Waals surface area contributed by atoms with E-state index in [9.17, 15) is 0 Å². The summed E-state index contributed by atoms with van der Waals surface area (Å²) >= 11 is 4.44. The molecule has 78 valence electrons. The number of fused-ring (bicyclic) bond motifs is 1. The Kier molecular flexibility index (Phi) is 2.74. The molecule has 0 aliphatic rings. The first-order valence-electron chi connectivity index (χ1n) is 5.24. The number of thiol groups is 1. The Morgan fingerprint density at radius 3 is 2.40 bits per heavy atom. The molecule has 0 bridgehead atoms. The van der Waals surface area contributed by atoms with Crippen LogP contribution < -0.4 is 0 Å². The summed E-state index contributed by atoms with van der Waals surface area (Å²) in [6.07, 6.45) is 0. The van der Waals surface area contributed by atoms with Gasteiger partial charge < -0.3 is 0 Å². The van der Waals surface area contributed by atoms with Gasteiger partial charge in [0.05, 0.1) is 0 Å². The lowest BCUT2D eigenvalue weighted by atomic mass is 9.83. The van der Waals surface area contributed by atoms with Crippen molar-refractivity contribution in [3.63, 3.8) is 0 Å². The van der Waals surface area contributed by atoms with Gasteiger partial charge in [0.25, 0.3) is 0 Å². The molecule has 0 aliphatic carbocycles. The summed E-state index contributed by atoms with van der Waals surface area (Å²) in [4.78, 5) is 0. The Bertz CT molecular complexity index is 466. The molecule has 0 nitrogen and oxygen atoms in total. The van der Waals surface area contributed by atoms with Gasteiger partial charge in [-0.3, -0.25) is 0 Å². The second-order valence-electron chi connectivity index (χ2n) is 4.57. The maximum atomic E-state index is 4.44. The largest absolute Gasteiger partial charge is 0.178 e. The standard InChI is InChI=1S/C14H16S/c1-14(2,10-15)13-9-5-7-11-6-3-4-8-12(11)13/h3-9,15H,10H2,1-2H3. The van der Waals surface area contributed by atoms with Crippen LogP contribution >= 0.6 is 12.6 Å². The van der Waals surface area contributed by atoms with Gasteiger partial charge in [-0.15, -0.1) is 0 Å². The van der Waals surface area contributed by atoms with Crippen LogP contribution in [-0.2, 0) is 5.41 Å². The van der Waals surface area contributed by atoms with Gasteiger partial charge in [-0.1, -0.05) is 56.3 Å². The van der Waals surface area contributed by atoms with E-state index in [-0.39, 0.29) is 5.41 Å². The quantitative estimate of drug-likeness (QED) is 0.719. The van der Waals surface area contributed by atoms with Gasteiger partial charge >= 0.3 is 0 Å². The van der Waals surface area contributed by atoms with Crippen molar-refractivity contribution in [1.29, 1.82) is 0 Å². The predicted octanol–water partition coefficient (Wildman–Crippen LogP) is 4.05. The van der Waals surface area contributed by atoms with Gasteiger partial charge in [0.15, 0.2) is 0 Å². The monoisotopic (exact) mass is 216 g/mol. The molecule has 0 spiro atoms. The van der Waals surface area contributed by atoms with Gasteiger partial charge in [0, 0.05) is 0 Å². The number of hydrogen-bond donors (Lipinski definition) is 1. The minimum atomic E-state index is 0.129. The summed E-state index contributed by atoms with van der Waals surface area (Å²) in [5, 5.41) is 2.66. The Morgan fingerprint density at radius 1 is 1.00 bits per heavy atom. The lowest BCUT2D eigenvalue weighted by Crippen LogP contribution is -2.19. The van der Waals surface area contributed by atoms with Gasteiger partial charge in [0.1, 0.15) is 0 Å². The molecule has 0 radical (unpaired) electrons. The topological polar surface area (TPSA) is 0 Å². The van der Waals surface area contributed by atoms with E-state index in [4.69, 9.17) is 0 Å². The van der Waals surface area contributed by atoms with Crippen LogP contribution in [0.3, 0.4) is 0 Å². The Hall–Kier alpha value is -0.950. The summed E-state index contributed by atoms with van der Waals surface area (Å²) in [6.45, 7) is 4.48. The predicted molar refractivity (Wildman–Crippen MR) is 70.8 cm³/mol. The van der Waals surface area contributed by atoms with E-state index in [1.807, 2.05) is 0 Å². The van der Waals surface area contributed by atoms with Crippen molar-refractivity contribution in [1.82, 2.24) is 0 Å². The Balaban J connectivity index is 2.71. The molecule has 15 heavy (non-hydrogen) atoms. The Labute approximate surface area is 96.7 Å². The van der Waals surface area contributed by atoms with Crippen molar-refractivity contribution >= 4 is 23.4 Å². The first-order chi connectivity index (χ1) is 7.15. The number of rotatable bonds is 2. The molecular weight excluding hydrogens is 200 g/mol. The Morgan fingerprint density at radius 2 is 1.67 bits per heavy atom. The fourth-order valence-corrected chi connectivity index (χ4v) is 2.07. The van der Waals surface area contributed by atoms with Crippen molar-refractivity contribution in [3.05, 3.63) is 48.0 Å². The van der Waals surface area contributed by atoms with Crippen LogP contribution in [-0.4, -0.2) is 5.75 Å². The van der Waals surface area contributed by atoms with Crippen LogP contribution in [0.4, 0.5) is 0 Å². The molecule has 0 aliphatic heterocycles. The minimum Gasteiger partial charge on any atom is -0.178 e. The summed E-state index contributed by atoms with van der Waals surface area (Å²) in [5.74, 6) is 0.862. The molecule has 1 heteroatoms. The molecular formula is C14H16S. The second kappa shape index (κ2) is 3.90. The van der Waals surface area contributed by atoms with Gasteiger partial charge in [0.2, 0.25) is 0 Å². The van der Waals surface area contributed by atoms with E-state index in [2.05, 4.69) is 68.9 Å². The number of hydrogen-bond acceptors (Lipinski definition) is 1. The fraction of sp³-hybridized carbons (Fsp3) is 0.286. The summed E-state index contributed by atoms with van der Waals surface area (Å²) in [6, 6.07) is 15.0. The molecule has 0 saturated carbocycles. The zero-order valence-corrected chi connectivity index (χ0v) is 10.1. The molecule has 0 atom stereocenters. The van der Waals surface area contributed by atoms with Crippen LogP contribution in [0.25, 0.3) is 10.8 Å². The van der Waals surface area contributed by atoms with Gasteiger partial charge in [-0.05, 0) is 27.5 Å². The van der Waals surface area contributed by atoms with E-state index in [0.717, 1.165) is 5.75 Å². The van der Waals surface area contributed by atoms with Gasteiger partial charge in [-0.2, -0.15) is 12.6 Å². The van der Waals surface area contributed by atoms with Crippen molar-refractivity contribution in [2.24, 2.45) is 0 Å². The van der Waals surface area contributed by atoms with E-state index in [0.29, 0.717) is 0 Å². The van der Waals surface area contributed by atoms with Crippen molar-refractivity contribution in [3.8, 4) is 0 Å². The molecule has 2 aromatic rings. The van der Waals surface area contributed by atoms with Crippen LogP contribution in [0.5, 0.6) is 0 Å². The first kappa shape index (κ1) is 10.6. The molecule has 2 aromatic carbocycles. The van der Waals surface area contributed by atoms with E-state index in [1.54, 1.807) is 0 Å². The molecule has 0 heterocycles. The third-order valence-corrected chi connectivity index (χ3v) is 3.70. The minimum absolute atomic E-state index is 0.129. The first-order valence-corrected chi connectivity index (χ1v) is 5.87. The van der Waals surface area contributed by atoms with E-state index >= 15 is 0 Å². The maximum Gasteiger partial charge on any atom is -0.000561 e. The van der Waals surface area contributed by atoms with E-state index < -0.39 is 0 Å². The second-order valence-corrected chi connectivity index (χ2v) is 4.88. The van der Waals surface area contributed by atoms with Crippen LogP contribution in [0.2, 0.25) is 0 Å². The smallest absolute Gasteiger partial charge is 0.000561 e. The zero-order valence-electron chi connectivity index (χ0n) is 9.20. The highest BCUT2D eigenvalue weighted by molar-refractivity contribution is 7.80. The van der Waals surface area contributed by atoms with Crippen molar-refractivity contribution in [2.45, 2.75) is 19.3 Å². The third kappa shape index (κ3) is 1.89. The molecule has 0 unspecified atom stereocenters. The normalized spacial score (nSPS) is 11.9. The lowest BCUT2D eigenvalue weighted by molar-refractivity contribution is 0.610. The van der Waals surface area contributed by atoms with E-state index in [1.165, 1.54) is 16.3 Å². The van der Waals surface area contributed by atoms with Gasteiger partial charge in [-0.25, -0.2) is 0 Å². The molecule has 0 fully saturated rings. The van der Waals surface area contributed by atoms with Crippen molar-refractivity contribution < 1.29 is 0 Å². The molecule has 0 amide bonds. The molecule has 0 aromatic heterocycles. The zero-order chi connectivity index (χ0) is 10.9. The highest BCUT2D eigenvalue weighted by atomic mass is 32.1. The molecule has 2 rings (SSSR count). The SMILES string of the molecule is CC(C)(CS)c1cccc2ccccc12.